The molecule has 0 heterocycles. The second kappa shape index (κ2) is 8.11. The van der Waals surface area contributed by atoms with E-state index in [0.29, 0.717) is 17.0 Å². The zero-order valence-electron chi connectivity index (χ0n) is 13.8. The highest BCUT2D eigenvalue weighted by Crippen LogP contribution is 2.21. The van der Waals surface area contributed by atoms with Crippen LogP contribution in [0.5, 0.6) is 0 Å². The smallest absolute Gasteiger partial charge is 0.307 e. The van der Waals surface area contributed by atoms with Crippen LogP contribution in [-0.2, 0) is 19.1 Å². The molecule has 0 aliphatic heterocycles. The van der Waals surface area contributed by atoms with Crippen molar-refractivity contribution in [2.24, 2.45) is 5.92 Å². The van der Waals surface area contributed by atoms with Crippen LogP contribution in [-0.4, -0.2) is 23.8 Å². The van der Waals surface area contributed by atoms with E-state index in [1.807, 2.05) is 6.92 Å². The molecule has 0 aliphatic rings. The van der Waals surface area contributed by atoms with Crippen LogP contribution < -0.4 is 5.32 Å². The average molecular weight is 340 g/mol. The van der Waals surface area contributed by atoms with Gasteiger partial charge in [-0.1, -0.05) is 11.6 Å². The van der Waals surface area contributed by atoms with Gasteiger partial charge in [0.15, 0.2) is 0 Å². The van der Waals surface area contributed by atoms with E-state index in [-0.39, 0.29) is 12.8 Å². The Morgan fingerprint density at radius 1 is 1.35 bits per heavy atom. The number of aldehydes is 1. The van der Waals surface area contributed by atoms with Crippen molar-refractivity contribution >= 4 is 35.5 Å². The van der Waals surface area contributed by atoms with Crippen molar-refractivity contribution in [3.8, 4) is 0 Å². The van der Waals surface area contributed by atoms with E-state index in [0.717, 1.165) is 5.56 Å². The predicted octanol–water partition coefficient (Wildman–Crippen LogP) is 3.52. The second-order valence-electron chi connectivity index (χ2n) is 6.34. The molecule has 0 bridgehead atoms. The largest absolute Gasteiger partial charge is 0.460 e. The Kier molecular flexibility index (Phi) is 6.76. The van der Waals surface area contributed by atoms with Crippen LogP contribution >= 0.6 is 11.6 Å². The first-order chi connectivity index (χ1) is 10.6. The van der Waals surface area contributed by atoms with Crippen LogP contribution in [0, 0.1) is 12.8 Å². The summed E-state index contributed by atoms with van der Waals surface area (Å²) >= 11 is 5.94. The maximum atomic E-state index is 12.3. The minimum Gasteiger partial charge on any atom is -0.460 e. The lowest BCUT2D eigenvalue weighted by Crippen LogP contribution is -2.30. The SMILES string of the molecule is Cc1cc(NC(=O)[C@H](CC=O)CC(=O)OC(C)(C)C)ccc1Cl. The first-order valence-corrected chi connectivity index (χ1v) is 7.72. The van der Waals surface area contributed by atoms with Crippen molar-refractivity contribution < 1.29 is 19.1 Å². The standard InChI is InChI=1S/C17H22ClNO4/c1-11-9-13(5-6-14(11)18)19-16(22)12(7-8-20)10-15(21)23-17(2,3)4/h5-6,8-9,12H,7,10H2,1-4H3,(H,19,22)/t12-/m1/s1. The maximum Gasteiger partial charge on any atom is 0.307 e. The summed E-state index contributed by atoms with van der Waals surface area (Å²) in [6.45, 7) is 7.06. The summed E-state index contributed by atoms with van der Waals surface area (Å²) in [7, 11) is 0. The number of carbonyl (C=O) groups is 3. The normalized spacial score (nSPS) is 12.4. The number of amides is 1. The van der Waals surface area contributed by atoms with Crippen molar-refractivity contribution in [2.45, 2.75) is 46.1 Å². The first kappa shape index (κ1) is 19.2. The van der Waals surface area contributed by atoms with E-state index >= 15 is 0 Å². The summed E-state index contributed by atoms with van der Waals surface area (Å²) in [6, 6.07) is 5.07. The molecule has 0 fully saturated rings. The number of carbonyl (C=O) groups excluding carboxylic acids is 3. The molecule has 1 atom stereocenters. The third kappa shape index (κ3) is 6.82. The Hall–Kier alpha value is -1.88. The molecule has 0 spiro atoms. The Bertz CT molecular complexity index is 593. The third-order valence-electron chi connectivity index (χ3n) is 3.01. The molecule has 6 heteroatoms. The third-order valence-corrected chi connectivity index (χ3v) is 3.43. The molecule has 1 aromatic rings. The van der Waals surface area contributed by atoms with Crippen LogP contribution in [0.1, 0.15) is 39.2 Å². The van der Waals surface area contributed by atoms with Crippen molar-refractivity contribution in [2.75, 3.05) is 5.32 Å². The summed E-state index contributed by atoms with van der Waals surface area (Å²) in [5, 5.41) is 3.30. The molecule has 0 aromatic heterocycles. The fraction of sp³-hybridized carbons (Fsp3) is 0.471. The highest BCUT2D eigenvalue weighted by atomic mass is 35.5. The van der Waals surface area contributed by atoms with E-state index in [4.69, 9.17) is 16.3 Å². The molecule has 1 N–H and O–H groups in total. The Balaban J connectivity index is 2.75. The number of ether oxygens (including phenoxy) is 1. The van der Waals surface area contributed by atoms with Crippen LogP contribution in [0.15, 0.2) is 18.2 Å². The first-order valence-electron chi connectivity index (χ1n) is 7.35. The molecular formula is C17H22ClNO4. The topological polar surface area (TPSA) is 72.5 Å². The number of benzene rings is 1. The number of nitrogens with one attached hydrogen (secondary N) is 1. The fourth-order valence-electron chi connectivity index (χ4n) is 1.95. The van der Waals surface area contributed by atoms with E-state index in [9.17, 15) is 14.4 Å². The number of anilines is 1. The maximum absolute atomic E-state index is 12.3. The average Bonchev–Trinajstić information content (AvgIpc) is 2.40. The highest BCUT2D eigenvalue weighted by Gasteiger charge is 2.25. The van der Waals surface area contributed by atoms with Gasteiger partial charge >= 0.3 is 5.97 Å². The lowest BCUT2D eigenvalue weighted by atomic mass is 10.0. The van der Waals surface area contributed by atoms with Crippen LogP contribution in [0.25, 0.3) is 0 Å². The molecule has 0 unspecified atom stereocenters. The van der Waals surface area contributed by atoms with E-state index in [2.05, 4.69) is 5.32 Å². The van der Waals surface area contributed by atoms with Gasteiger partial charge in [-0.25, -0.2) is 0 Å². The Morgan fingerprint density at radius 2 is 2.00 bits per heavy atom. The Labute approximate surface area is 141 Å². The van der Waals surface area contributed by atoms with Gasteiger partial charge in [0.2, 0.25) is 5.91 Å². The quantitative estimate of drug-likeness (QED) is 0.635. The lowest BCUT2D eigenvalue weighted by molar-refractivity contribution is -0.157. The number of halogens is 1. The number of rotatable bonds is 6. The molecule has 0 aliphatic carbocycles. The van der Waals surface area contributed by atoms with E-state index in [1.165, 1.54) is 0 Å². The minimum absolute atomic E-state index is 0.0440. The summed E-state index contributed by atoms with van der Waals surface area (Å²) in [6.07, 6.45) is 0.438. The van der Waals surface area contributed by atoms with Gasteiger partial charge in [0.05, 0.1) is 12.3 Å². The fourth-order valence-corrected chi connectivity index (χ4v) is 2.07. The summed E-state index contributed by atoms with van der Waals surface area (Å²) < 4.78 is 5.20. The van der Waals surface area contributed by atoms with Gasteiger partial charge in [-0.05, 0) is 51.5 Å². The van der Waals surface area contributed by atoms with Gasteiger partial charge in [-0.15, -0.1) is 0 Å². The summed E-state index contributed by atoms with van der Waals surface area (Å²) in [4.78, 5) is 34.9. The van der Waals surface area contributed by atoms with Crippen molar-refractivity contribution in [3.63, 3.8) is 0 Å². The molecule has 1 aromatic carbocycles. The Morgan fingerprint density at radius 3 is 2.52 bits per heavy atom. The zero-order chi connectivity index (χ0) is 17.6. The van der Waals surface area contributed by atoms with E-state index < -0.39 is 23.4 Å². The van der Waals surface area contributed by atoms with Crippen molar-refractivity contribution in [1.82, 2.24) is 0 Å². The number of hydrogen-bond donors (Lipinski definition) is 1. The highest BCUT2D eigenvalue weighted by molar-refractivity contribution is 6.31. The molecule has 0 saturated carbocycles. The van der Waals surface area contributed by atoms with Gasteiger partial charge in [0, 0.05) is 17.1 Å². The van der Waals surface area contributed by atoms with Crippen molar-refractivity contribution in [1.29, 1.82) is 0 Å². The van der Waals surface area contributed by atoms with Crippen molar-refractivity contribution in [3.05, 3.63) is 28.8 Å². The van der Waals surface area contributed by atoms with Gasteiger partial charge in [0.1, 0.15) is 11.9 Å². The number of aryl methyl sites for hydroxylation is 1. The molecule has 23 heavy (non-hydrogen) atoms. The van der Waals surface area contributed by atoms with Crippen LogP contribution in [0.3, 0.4) is 0 Å². The zero-order valence-corrected chi connectivity index (χ0v) is 14.6. The van der Waals surface area contributed by atoms with Gasteiger partial charge in [0.25, 0.3) is 0 Å². The molecule has 1 amide bonds. The molecule has 126 valence electrons. The predicted molar refractivity (Wildman–Crippen MR) is 89.5 cm³/mol. The molecule has 5 nitrogen and oxygen atoms in total. The van der Waals surface area contributed by atoms with Crippen LogP contribution in [0.4, 0.5) is 5.69 Å². The molecule has 1 rings (SSSR count). The van der Waals surface area contributed by atoms with Gasteiger partial charge < -0.3 is 14.8 Å². The van der Waals surface area contributed by atoms with E-state index in [1.54, 1.807) is 39.0 Å². The lowest BCUT2D eigenvalue weighted by Gasteiger charge is -2.21. The summed E-state index contributed by atoms with van der Waals surface area (Å²) in [5.41, 5.74) is 0.757. The molecule has 0 saturated heterocycles. The molecule has 0 radical (unpaired) electrons. The number of esters is 1. The van der Waals surface area contributed by atoms with Crippen LogP contribution in [0.2, 0.25) is 5.02 Å². The molecular weight excluding hydrogens is 318 g/mol. The number of hydrogen-bond acceptors (Lipinski definition) is 4. The monoisotopic (exact) mass is 339 g/mol. The second-order valence-corrected chi connectivity index (χ2v) is 6.75. The minimum atomic E-state index is -0.765. The van der Waals surface area contributed by atoms with Gasteiger partial charge in [-0.3, -0.25) is 9.59 Å². The summed E-state index contributed by atoms with van der Waals surface area (Å²) in [5.74, 6) is -1.67. The van der Waals surface area contributed by atoms with Gasteiger partial charge in [-0.2, -0.15) is 0 Å².